The molecule has 1 aromatic carbocycles. The van der Waals surface area contributed by atoms with Crippen LogP contribution in [-0.2, 0) is 20.9 Å². The number of fused-ring (bicyclic) bond motifs is 1. The minimum Gasteiger partial charge on any atom is -0.491 e. The molecule has 0 spiro atoms. The molecular formula is C16H19NO5. The molecule has 6 nitrogen and oxygen atoms in total. The first-order valence-electron chi connectivity index (χ1n) is 7.45. The van der Waals surface area contributed by atoms with E-state index in [-0.39, 0.29) is 11.9 Å². The van der Waals surface area contributed by atoms with E-state index in [0.29, 0.717) is 26.0 Å². The highest BCUT2D eigenvalue weighted by atomic mass is 16.5. The zero-order valence-corrected chi connectivity index (χ0v) is 12.4. The van der Waals surface area contributed by atoms with Crippen LogP contribution in [0, 0.1) is 0 Å². The summed E-state index contributed by atoms with van der Waals surface area (Å²) in [5, 5.41) is 8.98. The van der Waals surface area contributed by atoms with Gasteiger partial charge >= 0.3 is 5.97 Å². The molecule has 118 valence electrons. The summed E-state index contributed by atoms with van der Waals surface area (Å²) in [5.74, 6) is -0.371. The van der Waals surface area contributed by atoms with Crippen molar-refractivity contribution in [2.24, 2.45) is 0 Å². The van der Waals surface area contributed by atoms with Crippen molar-refractivity contribution in [1.29, 1.82) is 0 Å². The van der Waals surface area contributed by atoms with Gasteiger partial charge in [-0.05, 0) is 25.8 Å². The van der Waals surface area contributed by atoms with Crippen LogP contribution in [0.25, 0.3) is 0 Å². The van der Waals surface area contributed by atoms with E-state index in [1.54, 1.807) is 4.90 Å². The second kappa shape index (κ2) is 5.96. The van der Waals surface area contributed by atoms with Crippen LogP contribution in [0.3, 0.4) is 0 Å². The average Bonchev–Trinajstić information content (AvgIpc) is 2.94. The summed E-state index contributed by atoms with van der Waals surface area (Å²) in [6, 6.07) is 7.55. The normalized spacial score (nSPS) is 27.7. The van der Waals surface area contributed by atoms with Crippen molar-refractivity contribution < 1.29 is 24.2 Å². The molecule has 6 heteroatoms. The number of carbonyl (C=O) groups excluding carboxylic acids is 1. The molecule has 1 aromatic rings. The Morgan fingerprint density at radius 1 is 1.23 bits per heavy atom. The highest BCUT2D eigenvalue weighted by Crippen LogP contribution is 2.28. The lowest BCUT2D eigenvalue weighted by molar-refractivity contribution is -0.156. The second-order valence-corrected chi connectivity index (χ2v) is 5.76. The number of hydrogen-bond acceptors (Lipinski definition) is 4. The number of hydrogen-bond donors (Lipinski definition) is 1. The van der Waals surface area contributed by atoms with Gasteiger partial charge in [-0.15, -0.1) is 0 Å². The Balaban J connectivity index is 1.76. The van der Waals surface area contributed by atoms with Crippen molar-refractivity contribution in [2.45, 2.75) is 44.6 Å². The third-order valence-electron chi connectivity index (χ3n) is 4.18. The van der Waals surface area contributed by atoms with Gasteiger partial charge in [0.1, 0.15) is 18.5 Å². The van der Waals surface area contributed by atoms with E-state index in [1.807, 2.05) is 31.2 Å². The Bertz CT molecular complexity index is 588. The smallest absolute Gasteiger partial charge is 0.332 e. The number of benzene rings is 1. The van der Waals surface area contributed by atoms with E-state index in [4.69, 9.17) is 14.6 Å². The summed E-state index contributed by atoms with van der Waals surface area (Å²) in [7, 11) is 0. The standard InChI is InChI=1S/C16H19NO5/c1-10-9-21-12-5-3-2-4-11(12)8-17(10)15(18)13-6-7-14(22-13)16(19)20/h2-5,10,13-14H,6-9H2,1H3,(H,19,20)/t10?,13-,14+/m0/s1. The fourth-order valence-corrected chi connectivity index (χ4v) is 2.90. The van der Waals surface area contributed by atoms with Crippen molar-refractivity contribution in [3.8, 4) is 5.75 Å². The molecule has 22 heavy (non-hydrogen) atoms. The number of nitrogens with zero attached hydrogens (tertiary/aromatic N) is 1. The summed E-state index contributed by atoms with van der Waals surface area (Å²) in [6.45, 7) is 2.79. The maximum atomic E-state index is 12.7. The first-order valence-corrected chi connectivity index (χ1v) is 7.45. The molecular weight excluding hydrogens is 286 g/mol. The van der Waals surface area contributed by atoms with Crippen molar-refractivity contribution in [3.05, 3.63) is 29.8 Å². The lowest BCUT2D eigenvalue weighted by Crippen LogP contribution is -2.45. The molecule has 1 unspecified atom stereocenters. The van der Waals surface area contributed by atoms with Crippen LogP contribution in [0.2, 0.25) is 0 Å². The van der Waals surface area contributed by atoms with Crippen LogP contribution in [0.1, 0.15) is 25.3 Å². The number of para-hydroxylation sites is 1. The maximum absolute atomic E-state index is 12.7. The van der Waals surface area contributed by atoms with Gasteiger partial charge in [0.2, 0.25) is 0 Å². The van der Waals surface area contributed by atoms with Gasteiger partial charge in [0.05, 0.1) is 6.04 Å². The number of carboxylic acid groups (broad SMARTS) is 1. The molecule has 0 bridgehead atoms. The van der Waals surface area contributed by atoms with Gasteiger partial charge in [0.25, 0.3) is 5.91 Å². The van der Waals surface area contributed by atoms with Crippen molar-refractivity contribution >= 4 is 11.9 Å². The van der Waals surface area contributed by atoms with E-state index in [0.717, 1.165) is 11.3 Å². The molecule has 2 heterocycles. The van der Waals surface area contributed by atoms with Crippen LogP contribution in [0.4, 0.5) is 0 Å². The van der Waals surface area contributed by atoms with Gasteiger partial charge < -0.3 is 19.5 Å². The fraction of sp³-hybridized carbons (Fsp3) is 0.500. The largest absolute Gasteiger partial charge is 0.491 e. The van der Waals surface area contributed by atoms with Crippen LogP contribution < -0.4 is 4.74 Å². The van der Waals surface area contributed by atoms with Crippen LogP contribution in [-0.4, -0.2) is 46.7 Å². The molecule has 3 rings (SSSR count). The van der Waals surface area contributed by atoms with Gasteiger partial charge in [-0.1, -0.05) is 18.2 Å². The van der Waals surface area contributed by atoms with Gasteiger partial charge in [-0.3, -0.25) is 4.79 Å². The predicted molar refractivity (Wildman–Crippen MR) is 77.5 cm³/mol. The number of amides is 1. The Labute approximate surface area is 128 Å². The molecule has 0 saturated carbocycles. The molecule has 1 fully saturated rings. The lowest BCUT2D eigenvalue weighted by Gasteiger charge is -2.28. The highest BCUT2D eigenvalue weighted by Gasteiger charge is 2.38. The summed E-state index contributed by atoms with van der Waals surface area (Å²) < 4.78 is 11.1. The van der Waals surface area contributed by atoms with Gasteiger partial charge in [-0.2, -0.15) is 0 Å². The SMILES string of the molecule is CC1COc2ccccc2CN1C(=O)[C@@H]1CC[C@H](C(=O)O)O1. The Kier molecular flexibility index (Phi) is 4.02. The number of ether oxygens (including phenoxy) is 2. The number of aliphatic carboxylic acids is 1. The van der Waals surface area contributed by atoms with Crippen molar-refractivity contribution in [3.63, 3.8) is 0 Å². The van der Waals surface area contributed by atoms with Crippen molar-refractivity contribution in [1.82, 2.24) is 4.90 Å². The van der Waals surface area contributed by atoms with E-state index in [9.17, 15) is 9.59 Å². The van der Waals surface area contributed by atoms with Gasteiger partial charge in [-0.25, -0.2) is 4.79 Å². The topological polar surface area (TPSA) is 76.1 Å². The Hall–Kier alpha value is -2.08. The Morgan fingerprint density at radius 3 is 2.68 bits per heavy atom. The molecule has 3 atom stereocenters. The summed E-state index contributed by atoms with van der Waals surface area (Å²) in [5.41, 5.74) is 0.952. The summed E-state index contributed by atoms with van der Waals surface area (Å²) in [6.07, 6.45) is -0.726. The predicted octanol–water partition coefficient (Wildman–Crippen LogP) is 1.43. The number of rotatable bonds is 2. The minimum atomic E-state index is -1.01. The third kappa shape index (κ3) is 2.78. The zero-order chi connectivity index (χ0) is 15.7. The molecule has 1 N–H and O–H groups in total. The summed E-state index contributed by atoms with van der Waals surface area (Å²) in [4.78, 5) is 25.4. The first kappa shape index (κ1) is 14.8. The first-order chi connectivity index (χ1) is 10.6. The van der Waals surface area contributed by atoms with Gasteiger partial charge in [0.15, 0.2) is 6.10 Å². The minimum absolute atomic E-state index is 0.0904. The van der Waals surface area contributed by atoms with E-state index >= 15 is 0 Å². The third-order valence-corrected chi connectivity index (χ3v) is 4.18. The number of carboxylic acids is 1. The highest BCUT2D eigenvalue weighted by molar-refractivity contribution is 5.83. The molecule has 1 amide bonds. The quantitative estimate of drug-likeness (QED) is 0.894. The van der Waals surface area contributed by atoms with E-state index in [2.05, 4.69) is 0 Å². The maximum Gasteiger partial charge on any atom is 0.332 e. The average molecular weight is 305 g/mol. The van der Waals surface area contributed by atoms with Crippen LogP contribution in [0.15, 0.2) is 24.3 Å². The van der Waals surface area contributed by atoms with Crippen molar-refractivity contribution in [2.75, 3.05) is 6.61 Å². The molecule has 0 aromatic heterocycles. The molecule has 0 aliphatic carbocycles. The molecule has 0 radical (unpaired) electrons. The lowest BCUT2D eigenvalue weighted by atomic mass is 10.1. The monoisotopic (exact) mass is 305 g/mol. The van der Waals surface area contributed by atoms with Crippen LogP contribution >= 0.6 is 0 Å². The van der Waals surface area contributed by atoms with E-state index < -0.39 is 18.2 Å². The fourth-order valence-electron chi connectivity index (χ4n) is 2.90. The number of carbonyl (C=O) groups is 2. The molecule has 2 aliphatic rings. The Morgan fingerprint density at radius 2 is 1.95 bits per heavy atom. The summed E-state index contributed by atoms with van der Waals surface area (Å²) >= 11 is 0. The second-order valence-electron chi connectivity index (χ2n) is 5.76. The zero-order valence-electron chi connectivity index (χ0n) is 12.4. The van der Waals surface area contributed by atoms with Gasteiger partial charge in [0, 0.05) is 12.1 Å². The van der Waals surface area contributed by atoms with Crippen LogP contribution in [0.5, 0.6) is 5.75 Å². The molecule has 2 aliphatic heterocycles. The van der Waals surface area contributed by atoms with E-state index in [1.165, 1.54) is 0 Å². The molecule has 1 saturated heterocycles.